The van der Waals surface area contributed by atoms with E-state index in [9.17, 15) is 0 Å². The van der Waals surface area contributed by atoms with Crippen molar-refractivity contribution in [1.29, 1.82) is 0 Å². The topological polar surface area (TPSA) is 97.9 Å². The van der Waals surface area contributed by atoms with Gasteiger partial charge in [-0.3, -0.25) is 0 Å². The van der Waals surface area contributed by atoms with Crippen LogP contribution in [0, 0.1) is 0 Å². The van der Waals surface area contributed by atoms with E-state index in [0.29, 0.717) is 12.1 Å². The molecule has 0 aliphatic carbocycles. The van der Waals surface area contributed by atoms with E-state index in [1.165, 1.54) is 0 Å². The highest BCUT2D eigenvalue weighted by Gasteiger charge is 2.24. The number of aliphatic carboxylic acids is 2. The molecular formula is C24H44N4O4. The molecule has 0 aliphatic rings. The number of nitrogens with zero attached hydrogens (tertiary/aromatic N) is 4. The van der Waals surface area contributed by atoms with Crippen molar-refractivity contribution in [3.8, 4) is 0 Å². The number of carbonyl (C=O) groups excluding carboxylic acids is 2. The summed E-state index contributed by atoms with van der Waals surface area (Å²) in [6, 6.07) is 1.13. The second-order valence-electron chi connectivity index (χ2n) is 10.0. The zero-order valence-electron chi connectivity index (χ0n) is 22.0. The first-order valence-electron chi connectivity index (χ1n) is 10.8. The molecule has 0 bridgehead atoms. The molecule has 0 fully saturated rings. The number of imidazole rings is 2. The fraction of sp³-hybridized carbons (Fsp3) is 0.667. The highest BCUT2D eigenvalue weighted by Crippen LogP contribution is 2.13. The van der Waals surface area contributed by atoms with Crippen LogP contribution >= 0.6 is 0 Å². The molecule has 0 amide bonds. The van der Waals surface area contributed by atoms with Gasteiger partial charge < -0.3 is 19.8 Å². The molecule has 2 aromatic heterocycles. The third kappa shape index (κ3) is 15.2. The minimum absolute atomic E-state index is 0.177. The predicted molar refractivity (Wildman–Crippen MR) is 121 cm³/mol. The maximum absolute atomic E-state index is 8.89. The van der Waals surface area contributed by atoms with Crippen LogP contribution in [0.15, 0.2) is 37.4 Å². The Morgan fingerprint density at radius 1 is 0.812 bits per heavy atom. The zero-order chi connectivity index (χ0) is 25.9. The lowest BCUT2D eigenvalue weighted by atomic mass is 10.1. The highest BCUT2D eigenvalue weighted by molar-refractivity contribution is 5.60. The Hall–Kier alpha value is -2.64. The van der Waals surface area contributed by atoms with Crippen LogP contribution in [0.5, 0.6) is 0 Å². The molecule has 0 spiro atoms. The van der Waals surface area contributed by atoms with Gasteiger partial charge in [-0.25, -0.2) is 18.3 Å². The predicted octanol–water partition coefficient (Wildman–Crippen LogP) is 1.74. The molecule has 0 saturated carbocycles. The summed E-state index contributed by atoms with van der Waals surface area (Å²) in [5.41, 5.74) is 0.354. The van der Waals surface area contributed by atoms with Crippen LogP contribution in [-0.4, -0.2) is 21.1 Å². The molecule has 0 N–H and O–H groups in total. The molecule has 32 heavy (non-hydrogen) atoms. The molecule has 2 aromatic rings. The number of hydrogen-bond donors (Lipinski definition) is 0. The summed E-state index contributed by atoms with van der Waals surface area (Å²) in [7, 11) is 0. The van der Waals surface area contributed by atoms with Crippen molar-refractivity contribution in [3.05, 3.63) is 37.4 Å². The van der Waals surface area contributed by atoms with E-state index in [2.05, 4.69) is 125 Å². The third-order valence-corrected chi connectivity index (χ3v) is 4.06. The van der Waals surface area contributed by atoms with Crippen LogP contribution in [0.3, 0.4) is 0 Å². The van der Waals surface area contributed by atoms with E-state index in [1.807, 2.05) is 0 Å². The lowest BCUT2D eigenvalue weighted by molar-refractivity contribution is -0.753. The third-order valence-electron chi connectivity index (χ3n) is 4.06. The van der Waals surface area contributed by atoms with Crippen molar-refractivity contribution < 1.29 is 28.9 Å². The molecule has 0 saturated heterocycles. The van der Waals surface area contributed by atoms with Crippen LogP contribution < -0.4 is 19.3 Å². The van der Waals surface area contributed by atoms with E-state index in [4.69, 9.17) is 19.8 Å². The summed E-state index contributed by atoms with van der Waals surface area (Å²) in [6.07, 6.45) is 12.8. The van der Waals surface area contributed by atoms with Gasteiger partial charge >= 0.3 is 0 Å². The monoisotopic (exact) mass is 452 g/mol. The average molecular weight is 453 g/mol. The molecule has 2 heterocycles. The van der Waals surface area contributed by atoms with Gasteiger partial charge in [0, 0.05) is 11.9 Å². The van der Waals surface area contributed by atoms with E-state index >= 15 is 0 Å². The normalized spacial score (nSPS) is 10.9. The fourth-order valence-electron chi connectivity index (χ4n) is 2.14. The van der Waals surface area contributed by atoms with Gasteiger partial charge in [0.2, 0.25) is 12.7 Å². The van der Waals surface area contributed by atoms with Crippen molar-refractivity contribution in [2.75, 3.05) is 0 Å². The number of hydrogen-bond acceptors (Lipinski definition) is 4. The molecule has 0 unspecified atom stereocenters. The standard InChI is InChI=1S/C11H21N2.C9H17N2.2C2H4O2/c1-10(2,3)12-7-8-13(9-12)11(4,5)6;1-8(2)10-5-6-11(7-10)9(3)4;2*1-2(3)4/h7-9H,1-6H3;5-9H,1-4H3;2*1H3,(H,3,4)/q2*+1;;/p-2. The van der Waals surface area contributed by atoms with Crippen LogP contribution in [0.4, 0.5) is 0 Å². The Morgan fingerprint density at radius 3 is 1.44 bits per heavy atom. The van der Waals surface area contributed by atoms with E-state index in [0.717, 1.165) is 13.8 Å². The Bertz CT molecular complexity index is 736. The summed E-state index contributed by atoms with van der Waals surface area (Å²) < 4.78 is 8.89. The van der Waals surface area contributed by atoms with Crippen molar-refractivity contribution in [2.45, 2.75) is 106 Å². The van der Waals surface area contributed by atoms with Gasteiger partial charge in [-0.2, -0.15) is 0 Å². The van der Waals surface area contributed by atoms with Gasteiger partial charge in [0.05, 0.1) is 12.1 Å². The number of aromatic nitrogens is 4. The highest BCUT2D eigenvalue weighted by atomic mass is 16.4. The van der Waals surface area contributed by atoms with Crippen molar-refractivity contribution in [2.24, 2.45) is 0 Å². The van der Waals surface area contributed by atoms with Crippen LogP contribution in [-0.2, 0) is 20.7 Å². The molecule has 8 nitrogen and oxygen atoms in total. The molecule has 0 aliphatic heterocycles. The second kappa shape index (κ2) is 13.7. The summed E-state index contributed by atoms with van der Waals surface area (Å²) in [5.74, 6) is -2.17. The lowest BCUT2D eigenvalue weighted by Crippen LogP contribution is -2.48. The van der Waals surface area contributed by atoms with Crippen LogP contribution in [0.25, 0.3) is 0 Å². The summed E-state index contributed by atoms with van der Waals surface area (Å²) >= 11 is 0. The minimum Gasteiger partial charge on any atom is -0.550 e. The van der Waals surface area contributed by atoms with Gasteiger partial charge in [0.1, 0.15) is 35.9 Å². The van der Waals surface area contributed by atoms with E-state index in [-0.39, 0.29) is 11.1 Å². The smallest absolute Gasteiger partial charge is 0.244 e. The largest absolute Gasteiger partial charge is 0.550 e. The first kappa shape index (κ1) is 31.5. The Labute approximate surface area is 194 Å². The Balaban J connectivity index is 0. The van der Waals surface area contributed by atoms with E-state index < -0.39 is 11.9 Å². The molecule has 0 atom stereocenters. The van der Waals surface area contributed by atoms with Crippen LogP contribution in [0.1, 0.15) is 95.2 Å². The quantitative estimate of drug-likeness (QED) is 0.648. The minimum atomic E-state index is -1.08. The van der Waals surface area contributed by atoms with E-state index in [1.54, 1.807) is 0 Å². The number of carboxylic acids is 2. The van der Waals surface area contributed by atoms with Crippen molar-refractivity contribution in [3.63, 3.8) is 0 Å². The first-order valence-corrected chi connectivity index (χ1v) is 10.8. The first-order chi connectivity index (χ1) is 14.3. The molecule has 0 radical (unpaired) electrons. The van der Waals surface area contributed by atoms with Gasteiger partial charge in [-0.05, 0) is 83.1 Å². The maximum Gasteiger partial charge on any atom is 0.244 e. The summed E-state index contributed by atoms with van der Waals surface area (Å²) in [5, 5.41) is 17.8. The van der Waals surface area contributed by atoms with Gasteiger partial charge in [-0.15, -0.1) is 0 Å². The molecule has 184 valence electrons. The molecular weight excluding hydrogens is 408 g/mol. The van der Waals surface area contributed by atoms with Gasteiger partial charge in [0.25, 0.3) is 0 Å². The number of carbonyl (C=O) groups is 2. The van der Waals surface area contributed by atoms with Crippen molar-refractivity contribution in [1.82, 2.24) is 9.13 Å². The summed E-state index contributed by atoms with van der Waals surface area (Å²) in [6.45, 7) is 23.9. The second-order valence-corrected chi connectivity index (χ2v) is 10.0. The number of rotatable bonds is 2. The van der Waals surface area contributed by atoms with Crippen molar-refractivity contribution >= 4 is 11.9 Å². The Morgan fingerprint density at radius 2 is 1.25 bits per heavy atom. The fourth-order valence-corrected chi connectivity index (χ4v) is 2.14. The van der Waals surface area contributed by atoms with Crippen LogP contribution in [0.2, 0.25) is 0 Å². The maximum atomic E-state index is 8.89. The average Bonchev–Trinajstić information content (AvgIpc) is 3.24. The molecule has 0 aromatic carbocycles. The number of carboxylic acid groups (broad SMARTS) is 2. The molecule has 2 rings (SSSR count). The van der Waals surface area contributed by atoms with Gasteiger partial charge in [0.15, 0.2) is 0 Å². The lowest BCUT2D eigenvalue weighted by Gasteiger charge is -2.16. The Kier molecular flexibility index (Phi) is 13.5. The molecule has 8 heteroatoms. The van der Waals surface area contributed by atoms with Gasteiger partial charge in [-0.1, -0.05) is 0 Å². The zero-order valence-corrected chi connectivity index (χ0v) is 22.0. The SMILES string of the molecule is CC(=O)[O-].CC(=O)[O-].CC(C)(C)n1cc[n+](C(C)(C)C)c1.CC(C)n1cc[n+](C(C)C)c1. The summed E-state index contributed by atoms with van der Waals surface area (Å²) in [4.78, 5) is 17.8.